The van der Waals surface area contributed by atoms with E-state index in [1.807, 2.05) is 0 Å². The molecule has 0 bridgehead atoms. The second kappa shape index (κ2) is 6.28. The largest absolute Gasteiger partial charge is 0.440 e. The number of rotatable bonds is 2. The number of amides is 1. The topological polar surface area (TPSA) is 59.5 Å². The number of carbonyl (C=O) groups excluding carboxylic acids is 1. The van der Waals surface area contributed by atoms with Crippen LogP contribution in [0.15, 0.2) is 16.5 Å². The van der Waals surface area contributed by atoms with Crippen LogP contribution in [0.3, 0.4) is 0 Å². The van der Waals surface area contributed by atoms with E-state index in [0.717, 1.165) is 19.4 Å². The molecule has 1 amide bonds. The Bertz CT molecular complexity index is 381. The lowest BCUT2D eigenvalue weighted by atomic mass is 9.98. The molecule has 0 aliphatic carbocycles. The molecule has 6 heteroatoms. The molecule has 2 rings (SSSR count). The summed E-state index contributed by atoms with van der Waals surface area (Å²) in [7, 11) is 0. The van der Waals surface area contributed by atoms with Crippen LogP contribution in [0.2, 0.25) is 5.22 Å². The number of halogens is 2. The maximum Gasteiger partial charge on any atom is 0.289 e. The molecular weight excluding hydrogens is 263 g/mol. The molecule has 0 radical (unpaired) electrons. The van der Waals surface area contributed by atoms with Crippen molar-refractivity contribution < 1.29 is 9.21 Å². The van der Waals surface area contributed by atoms with Crippen LogP contribution in [0.5, 0.6) is 0 Å². The zero-order chi connectivity index (χ0) is 11.5. The molecule has 1 aliphatic rings. The fourth-order valence-corrected chi connectivity index (χ4v) is 2.17. The summed E-state index contributed by atoms with van der Waals surface area (Å²) in [6, 6.07) is 3.19. The summed E-state index contributed by atoms with van der Waals surface area (Å²) in [5.74, 6) is 0.621. The summed E-state index contributed by atoms with van der Waals surface area (Å²) < 4.78 is 5.11. The number of piperidine rings is 1. The monoisotopic (exact) mass is 278 g/mol. The summed E-state index contributed by atoms with van der Waals surface area (Å²) in [6.45, 7) is 2.12. The van der Waals surface area contributed by atoms with Crippen LogP contribution in [0.25, 0.3) is 0 Å². The van der Waals surface area contributed by atoms with Gasteiger partial charge in [-0.1, -0.05) is 0 Å². The van der Waals surface area contributed by atoms with Crippen molar-refractivity contribution in [3.05, 3.63) is 23.1 Å². The highest BCUT2D eigenvalue weighted by atomic mass is 35.5. The third-order valence-electron chi connectivity index (χ3n) is 2.92. The van der Waals surface area contributed by atoms with Crippen LogP contribution in [-0.2, 0) is 0 Å². The molecule has 2 N–H and O–H groups in total. The van der Waals surface area contributed by atoms with Crippen LogP contribution >= 0.6 is 24.0 Å². The van der Waals surface area contributed by atoms with Gasteiger partial charge < -0.3 is 15.1 Å². The number of nitrogens with zero attached hydrogens (tertiary/aromatic N) is 1. The number of likely N-dealkylation sites (tertiary alicyclic amines) is 1. The maximum atomic E-state index is 12.0. The molecule has 17 heavy (non-hydrogen) atoms. The average molecular weight is 279 g/mol. The van der Waals surface area contributed by atoms with E-state index in [-0.39, 0.29) is 23.5 Å². The zero-order valence-corrected chi connectivity index (χ0v) is 11.0. The van der Waals surface area contributed by atoms with Crippen molar-refractivity contribution in [1.29, 1.82) is 0 Å². The van der Waals surface area contributed by atoms with Gasteiger partial charge in [0.15, 0.2) is 11.0 Å². The second-order valence-electron chi connectivity index (χ2n) is 4.10. The minimum atomic E-state index is -0.0925. The Kier molecular flexibility index (Phi) is 5.31. The minimum absolute atomic E-state index is 0. The quantitative estimate of drug-likeness (QED) is 0.902. The van der Waals surface area contributed by atoms with Crippen molar-refractivity contribution in [2.45, 2.75) is 12.8 Å². The minimum Gasteiger partial charge on any atom is -0.440 e. The number of hydrogen-bond acceptors (Lipinski definition) is 3. The predicted octanol–water partition coefficient (Wildman–Crippen LogP) is 2.17. The molecule has 1 aliphatic heterocycles. The molecular formula is C11H16Cl2N2O2. The Labute approximate surface area is 111 Å². The molecule has 0 spiro atoms. The molecule has 1 aromatic rings. The van der Waals surface area contributed by atoms with Gasteiger partial charge in [-0.15, -0.1) is 12.4 Å². The standard InChI is InChI=1S/C11H15ClN2O2.ClH/c12-10-4-3-9(16-10)11(15)14-5-1-2-8(6-13)7-14;/h3-4,8H,1-2,5-7,13H2;1H. The van der Waals surface area contributed by atoms with Crippen LogP contribution in [-0.4, -0.2) is 30.4 Å². The number of furan rings is 1. The average Bonchev–Trinajstić information content (AvgIpc) is 2.75. The van der Waals surface area contributed by atoms with Crippen molar-refractivity contribution in [2.24, 2.45) is 11.7 Å². The highest BCUT2D eigenvalue weighted by molar-refractivity contribution is 6.29. The summed E-state index contributed by atoms with van der Waals surface area (Å²) in [5, 5.41) is 0.246. The van der Waals surface area contributed by atoms with Gasteiger partial charge in [0.1, 0.15) is 0 Å². The van der Waals surface area contributed by atoms with Gasteiger partial charge in [-0.05, 0) is 49.0 Å². The normalized spacial score (nSPS) is 19.9. The van der Waals surface area contributed by atoms with Crippen LogP contribution in [0.1, 0.15) is 23.4 Å². The first-order valence-electron chi connectivity index (χ1n) is 5.45. The number of nitrogens with two attached hydrogens (primary N) is 1. The van der Waals surface area contributed by atoms with Gasteiger partial charge in [0.25, 0.3) is 5.91 Å². The maximum absolute atomic E-state index is 12.0. The van der Waals surface area contributed by atoms with Gasteiger partial charge in [0.05, 0.1) is 0 Å². The Morgan fingerprint density at radius 1 is 1.59 bits per heavy atom. The van der Waals surface area contributed by atoms with E-state index >= 15 is 0 Å². The van der Waals surface area contributed by atoms with E-state index in [0.29, 0.717) is 24.8 Å². The van der Waals surface area contributed by atoms with Crippen molar-refractivity contribution in [1.82, 2.24) is 4.90 Å². The Morgan fingerprint density at radius 2 is 2.35 bits per heavy atom. The van der Waals surface area contributed by atoms with Crippen molar-refractivity contribution in [3.63, 3.8) is 0 Å². The lowest BCUT2D eigenvalue weighted by Crippen LogP contribution is -2.41. The van der Waals surface area contributed by atoms with Gasteiger partial charge in [-0.25, -0.2) is 0 Å². The summed E-state index contributed by atoms with van der Waals surface area (Å²) in [5.41, 5.74) is 5.63. The molecule has 1 unspecified atom stereocenters. The first-order valence-corrected chi connectivity index (χ1v) is 5.83. The van der Waals surface area contributed by atoms with Crippen molar-refractivity contribution >= 4 is 29.9 Å². The first kappa shape index (κ1) is 14.4. The molecule has 1 aromatic heterocycles. The van der Waals surface area contributed by atoms with Gasteiger partial charge in [0.2, 0.25) is 0 Å². The first-order chi connectivity index (χ1) is 7.70. The Balaban J connectivity index is 0.00000144. The third-order valence-corrected chi connectivity index (χ3v) is 3.13. The van der Waals surface area contributed by atoms with E-state index in [9.17, 15) is 4.79 Å². The molecule has 4 nitrogen and oxygen atoms in total. The highest BCUT2D eigenvalue weighted by Crippen LogP contribution is 2.20. The van der Waals surface area contributed by atoms with E-state index in [1.54, 1.807) is 17.0 Å². The molecule has 96 valence electrons. The SMILES string of the molecule is Cl.NCC1CCCN(C(=O)c2ccc(Cl)o2)C1. The Hall–Kier alpha value is -0.710. The molecule has 0 saturated carbocycles. The molecule has 0 aromatic carbocycles. The molecule has 2 heterocycles. The van der Waals surface area contributed by atoms with E-state index in [1.165, 1.54) is 0 Å². The van der Waals surface area contributed by atoms with E-state index in [4.69, 9.17) is 21.8 Å². The second-order valence-corrected chi connectivity index (χ2v) is 4.47. The van der Waals surface area contributed by atoms with Crippen LogP contribution in [0, 0.1) is 5.92 Å². The summed E-state index contributed by atoms with van der Waals surface area (Å²) >= 11 is 5.64. The van der Waals surface area contributed by atoms with Crippen molar-refractivity contribution in [2.75, 3.05) is 19.6 Å². The highest BCUT2D eigenvalue weighted by Gasteiger charge is 2.25. The predicted molar refractivity (Wildman–Crippen MR) is 68.6 cm³/mol. The zero-order valence-electron chi connectivity index (χ0n) is 9.39. The smallest absolute Gasteiger partial charge is 0.289 e. The number of carbonyl (C=O) groups is 1. The van der Waals surface area contributed by atoms with Crippen molar-refractivity contribution in [3.8, 4) is 0 Å². The van der Waals surface area contributed by atoms with E-state index < -0.39 is 0 Å². The van der Waals surface area contributed by atoms with Gasteiger partial charge in [0, 0.05) is 13.1 Å². The van der Waals surface area contributed by atoms with Gasteiger partial charge in [-0.3, -0.25) is 4.79 Å². The lowest BCUT2D eigenvalue weighted by Gasteiger charge is -2.31. The van der Waals surface area contributed by atoms with Gasteiger partial charge in [-0.2, -0.15) is 0 Å². The van der Waals surface area contributed by atoms with Gasteiger partial charge >= 0.3 is 0 Å². The lowest BCUT2D eigenvalue weighted by molar-refractivity contribution is 0.0646. The summed E-state index contributed by atoms with van der Waals surface area (Å²) in [4.78, 5) is 13.8. The fraction of sp³-hybridized carbons (Fsp3) is 0.545. The Morgan fingerprint density at radius 3 is 2.94 bits per heavy atom. The summed E-state index contributed by atoms with van der Waals surface area (Å²) in [6.07, 6.45) is 2.10. The van der Waals surface area contributed by atoms with Crippen LogP contribution in [0.4, 0.5) is 0 Å². The number of hydrogen-bond donors (Lipinski definition) is 1. The fourth-order valence-electron chi connectivity index (χ4n) is 2.03. The molecule has 1 saturated heterocycles. The third kappa shape index (κ3) is 3.37. The van der Waals surface area contributed by atoms with Crippen LogP contribution < -0.4 is 5.73 Å². The van der Waals surface area contributed by atoms with E-state index in [2.05, 4.69) is 0 Å². The molecule has 1 atom stereocenters. The molecule has 1 fully saturated rings.